The maximum Gasteiger partial charge on any atom is 0.132 e. The Bertz CT molecular complexity index is 491. The number of nitrogens with zero attached hydrogens (tertiary/aromatic N) is 1. The molecule has 2 aliphatic heterocycles. The molecule has 0 aliphatic carbocycles. The van der Waals surface area contributed by atoms with Gasteiger partial charge in [0.2, 0.25) is 0 Å². The standard InChI is InChI=1S/C16H22FNO2/c1-3-20-13-6-7-14(15(17)8-13)16(19)9-11-4-5-12(10-16)18(11)2/h6-8,11-12,19H,3-5,9-10H2,1-2H3. The molecule has 0 saturated carbocycles. The average Bonchev–Trinajstić information content (AvgIpc) is 2.62. The second-order valence-electron chi connectivity index (χ2n) is 6.06. The number of piperidine rings is 1. The van der Waals surface area contributed by atoms with Crippen LogP contribution in [0.1, 0.15) is 38.2 Å². The summed E-state index contributed by atoms with van der Waals surface area (Å²) in [4.78, 5) is 2.33. The third-order valence-corrected chi connectivity index (χ3v) is 4.88. The first kappa shape index (κ1) is 13.8. The second-order valence-corrected chi connectivity index (χ2v) is 6.06. The van der Waals surface area contributed by atoms with Crippen molar-refractivity contribution in [1.82, 2.24) is 4.90 Å². The van der Waals surface area contributed by atoms with E-state index in [4.69, 9.17) is 4.74 Å². The molecule has 20 heavy (non-hydrogen) atoms. The predicted molar refractivity (Wildman–Crippen MR) is 75.3 cm³/mol. The molecule has 2 saturated heterocycles. The van der Waals surface area contributed by atoms with Crippen molar-refractivity contribution in [1.29, 1.82) is 0 Å². The topological polar surface area (TPSA) is 32.7 Å². The monoisotopic (exact) mass is 279 g/mol. The lowest BCUT2D eigenvalue weighted by Gasteiger charge is -2.42. The summed E-state index contributed by atoms with van der Waals surface area (Å²) in [6, 6.07) is 5.55. The minimum Gasteiger partial charge on any atom is -0.494 e. The normalized spacial score (nSPS) is 33.4. The van der Waals surface area contributed by atoms with Crippen molar-refractivity contribution in [3.05, 3.63) is 29.6 Å². The SMILES string of the molecule is CCOc1ccc(C2(O)CC3CCC(C2)N3C)c(F)c1. The fourth-order valence-electron chi connectivity index (χ4n) is 3.79. The lowest BCUT2D eigenvalue weighted by Crippen LogP contribution is -2.48. The maximum absolute atomic E-state index is 14.3. The van der Waals surface area contributed by atoms with E-state index < -0.39 is 5.60 Å². The summed E-state index contributed by atoms with van der Waals surface area (Å²) in [5, 5.41) is 10.9. The molecule has 3 rings (SSSR count). The molecule has 2 atom stereocenters. The third-order valence-electron chi connectivity index (χ3n) is 4.88. The van der Waals surface area contributed by atoms with E-state index in [-0.39, 0.29) is 5.82 Å². The van der Waals surface area contributed by atoms with E-state index in [1.54, 1.807) is 12.1 Å². The lowest BCUT2D eigenvalue weighted by atomic mass is 9.80. The highest BCUT2D eigenvalue weighted by molar-refractivity contribution is 5.33. The van der Waals surface area contributed by atoms with Gasteiger partial charge in [-0.3, -0.25) is 0 Å². The first-order valence-electron chi connectivity index (χ1n) is 7.40. The number of benzene rings is 1. The third kappa shape index (κ3) is 2.21. The molecule has 0 amide bonds. The molecule has 2 bridgehead atoms. The Morgan fingerprint density at radius 3 is 2.55 bits per heavy atom. The van der Waals surface area contributed by atoms with Crippen LogP contribution in [-0.2, 0) is 5.60 Å². The quantitative estimate of drug-likeness (QED) is 0.923. The van der Waals surface area contributed by atoms with Gasteiger partial charge >= 0.3 is 0 Å². The van der Waals surface area contributed by atoms with Gasteiger partial charge in [-0.25, -0.2) is 4.39 Å². The maximum atomic E-state index is 14.3. The number of rotatable bonds is 3. The summed E-state index contributed by atoms with van der Waals surface area (Å²) in [6.45, 7) is 2.38. The summed E-state index contributed by atoms with van der Waals surface area (Å²) < 4.78 is 19.6. The summed E-state index contributed by atoms with van der Waals surface area (Å²) in [5.74, 6) is 0.163. The molecule has 3 nitrogen and oxygen atoms in total. The number of aliphatic hydroxyl groups is 1. The molecular weight excluding hydrogens is 257 g/mol. The highest BCUT2D eigenvalue weighted by Crippen LogP contribution is 2.45. The van der Waals surface area contributed by atoms with E-state index in [2.05, 4.69) is 11.9 Å². The van der Waals surface area contributed by atoms with E-state index in [0.29, 0.717) is 42.8 Å². The molecule has 0 radical (unpaired) electrons. The van der Waals surface area contributed by atoms with Crippen LogP contribution < -0.4 is 4.74 Å². The smallest absolute Gasteiger partial charge is 0.132 e. The molecule has 2 aliphatic rings. The van der Waals surface area contributed by atoms with Gasteiger partial charge in [0.15, 0.2) is 0 Å². The van der Waals surface area contributed by atoms with E-state index in [9.17, 15) is 9.50 Å². The van der Waals surface area contributed by atoms with Gasteiger partial charge in [-0.05, 0) is 51.8 Å². The van der Waals surface area contributed by atoms with Crippen LogP contribution >= 0.6 is 0 Å². The molecule has 2 heterocycles. The van der Waals surface area contributed by atoms with Crippen LogP contribution in [0, 0.1) is 5.82 Å². The van der Waals surface area contributed by atoms with Crippen LogP contribution in [0.4, 0.5) is 4.39 Å². The Kier molecular flexibility index (Phi) is 3.46. The van der Waals surface area contributed by atoms with Crippen LogP contribution in [-0.4, -0.2) is 35.7 Å². The van der Waals surface area contributed by atoms with Crippen LogP contribution in [0.25, 0.3) is 0 Å². The first-order chi connectivity index (χ1) is 9.53. The van der Waals surface area contributed by atoms with E-state index in [1.807, 2.05) is 6.92 Å². The Balaban J connectivity index is 1.89. The largest absolute Gasteiger partial charge is 0.494 e. The Morgan fingerprint density at radius 2 is 2.00 bits per heavy atom. The van der Waals surface area contributed by atoms with Crippen molar-refractivity contribution >= 4 is 0 Å². The molecule has 0 spiro atoms. The zero-order valence-corrected chi connectivity index (χ0v) is 12.1. The van der Waals surface area contributed by atoms with Crippen LogP contribution in [0.2, 0.25) is 0 Å². The summed E-state index contributed by atoms with van der Waals surface area (Å²) >= 11 is 0. The molecular formula is C16H22FNO2. The zero-order chi connectivity index (χ0) is 14.3. The molecule has 1 aromatic rings. The average molecular weight is 279 g/mol. The second kappa shape index (κ2) is 5.01. The van der Waals surface area contributed by atoms with Crippen molar-refractivity contribution in [2.45, 2.75) is 50.3 Å². The van der Waals surface area contributed by atoms with Crippen molar-refractivity contribution in [2.24, 2.45) is 0 Å². The summed E-state index contributed by atoms with van der Waals surface area (Å²) in [6.07, 6.45) is 3.43. The molecule has 2 unspecified atom stereocenters. The van der Waals surface area contributed by atoms with Gasteiger partial charge in [0.25, 0.3) is 0 Å². The van der Waals surface area contributed by atoms with Crippen molar-refractivity contribution in [3.63, 3.8) is 0 Å². The lowest BCUT2D eigenvalue weighted by molar-refractivity contribution is -0.0516. The summed E-state index contributed by atoms with van der Waals surface area (Å²) in [7, 11) is 2.11. The van der Waals surface area contributed by atoms with E-state index in [0.717, 1.165) is 12.8 Å². The highest BCUT2D eigenvalue weighted by atomic mass is 19.1. The number of hydrogen-bond acceptors (Lipinski definition) is 3. The van der Waals surface area contributed by atoms with Gasteiger partial charge < -0.3 is 14.7 Å². The van der Waals surface area contributed by atoms with Crippen LogP contribution in [0.3, 0.4) is 0 Å². The van der Waals surface area contributed by atoms with Crippen LogP contribution in [0.5, 0.6) is 5.75 Å². The minimum absolute atomic E-state index is 0.359. The predicted octanol–water partition coefficient (Wildman–Crippen LogP) is 2.67. The fourth-order valence-corrected chi connectivity index (χ4v) is 3.79. The molecule has 4 heteroatoms. The van der Waals surface area contributed by atoms with Gasteiger partial charge in [-0.1, -0.05) is 0 Å². The van der Waals surface area contributed by atoms with E-state index >= 15 is 0 Å². The number of fused-ring (bicyclic) bond motifs is 2. The van der Waals surface area contributed by atoms with Crippen LogP contribution in [0.15, 0.2) is 18.2 Å². The van der Waals surface area contributed by atoms with Crippen molar-refractivity contribution in [3.8, 4) is 5.75 Å². The van der Waals surface area contributed by atoms with Crippen molar-refractivity contribution < 1.29 is 14.2 Å². The first-order valence-corrected chi connectivity index (χ1v) is 7.40. The Hall–Kier alpha value is -1.13. The van der Waals surface area contributed by atoms with Gasteiger partial charge in [0.1, 0.15) is 11.6 Å². The van der Waals surface area contributed by atoms with Gasteiger partial charge in [-0.15, -0.1) is 0 Å². The molecule has 1 aromatic carbocycles. The van der Waals surface area contributed by atoms with Crippen molar-refractivity contribution in [2.75, 3.05) is 13.7 Å². The summed E-state index contributed by atoms with van der Waals surface area (Å²) in [5.41, 5.74) is -0.612. The Morgan fingerprint density at radius 1 is 1.35 bits per heavy atom. The molecule has 1 N–H and O–H groups in total. The molecule has 110 valence electrons. The molecule has 0 aromatic heterocycles. The number of hydrogen-bond donors (Lipinski definition) is 1. The van der Waals surface area contributed by atoms with Gasteiger partial charge in [-0.2, -0.15) is 0 Å². The number of halogens is 1. The zero-order valence-electron chi connectivity index (χ0n) is 12.1. The van der Waals surface area contributed by atoms with Gasteiger partial charge in [0, 0.05) is 23.7 Å². The highest BCUT2D eigenvalue weighted by Gasteiger charge is 2.47. The minimum atomic E-state index is -1.03. The fraction of sp³-hybridized carbons (Fsp3) is 0.625. The molecule has 2 fully saturated rings. The van der Waals surface area contributed by atoms with Gasteiger partial charge in [0.05, 0.1) is 12.2 Å². The number of ether oxygens (including phenoxy) is 1. The Labute approximate surface area is 119 Å². The van der Waals surface area contributed by atoms with E-state index in [1.165, 1.54) is 6.07 Å².